The zero-order valence-electron chi connectivity index (χ0n) is 14.5. The third-order valence-electron chi connectivity index (χ3n) is 4.10. The zero-order chi connectivity index (χ0) is 17.5. The van der Waals surface area contributed by atoms with Crippen LogP contribution in [0.3, 0.4) is 0 Å². The molecule has 0 atom stereocenters. The van der Waals surface area contributed by atoms with Crippen molar-refractivity contribution in [3.05, 3.63) is 102 Å². The van der Waals surface area contributed by atoms with E-state index in [0.717, 1.165) is 30.2 Å². The molecule has 0 saturated heterocycles. The first-order valence-corrected chi connectivity index (χ1v) is 8.40. The van der Waals surface area contributed by atoms with Crippen molar-refractivity contribution in [3.8, 4) is 0 Å². The highest BCUT2D eigenvalue weighted by molar-refractivity contribution is 5.62. The van der Waals surface area contributed by atoms with E-state index >= 15 is 0 Å². The Labute approximate surface area is 151 Å². The second-order valence-corrected chi connectivity index (χ2v) is 6.06. The molecule has 0 saturated carbocycles. The summed E-state index contributed by atoms with van der Waals surface area (Å²) in [6.45, 7) is 5.73. The average Bonchev–Trinajstić information content (AvgIpc) is 2.68. The molecule has 3 heteroatoms. The maximum absolute atomic E-state index is 4.45. The van der Waals surface area contributed by atoms with Gasteiger partial charge in [0.25, 0.3) is 0 Å². The summed E-state index contributed by atoms with van der Waals surface area (Å²) in [5.74, 6) is 0. The number of pyridine rings is 1. The number of anilines is 1. The number of hydrogen-bond donors (Lipinski definition) is 1. The summed E-state index contributed by atoms with van der Waals surface area (Å²) in [6.07, 6.45) is 1.83. The number of nitrogens with one attached hydrogen (secondary N) is 1. The van der Waals surface area contributed by atoms with E-state index in [2.05, 4.69) is 71.3 Å². The monoisotopic (exact) mass is 331 g/mol. The molecule has 0 spiro atoms. The molecule has 25 heavy (non-hydrogen) atoms. The Morgan fingerprint density at radius 2 is 1.64 bits per heavy atom. The van der Waals surface area contributed by atoms with E-state index in [4.69, 9.17) is 0 Å². The molecule has 0 aliphatic heterocycles. The Hall–Kier alpha value is -3.07. The highest BCUT2D eigenvalue weighted by atomic mass is 15.1. The van der Waals surface area contributed by atoms with Gasteiger partial charge in [-0.25, -0.2) is 0 Å². The number of aromatic nitrogens is 1. The van der Waals surface area contributed by atoms with Crippen LogP contribution in [0.15, 0.2) is 85.6 Å². The summed E-state index contributed by atoms with van der Waals surface area (Å²) >= 11 is 0. The van der Waals surface area contributed by atoms with Crippen molar-refractivity contribution in [1.29, 1.82) is 0 Å². The number of hydrogen-bond acceptors (Lipinski definition) is 3. The molecule has 3 rings (SSSR count). The van der Waals surface area contributed by atoms with Crippen LogP contribution in [0, 0.1) is 0 Å². The molecule has 3 aromatic rings. The van der Waals surface area contributed by atoms with Crippen LogP contribution >= 0.6 is 0 Å². The van der Waals surface area contributed by atoms with Gasteiger partial charge in [0.05, 0.1) is 11.4 Å². The minimum absolute atomic E-state index is 0. The fourth-order valence-electron chi connectivity index (χ4n) is 2.67. The molecule has 0 aliphatic carbocycles. The van der Waals surface area contributed by atoms with Crippen LogP contribution < -0.4 is 10.2 Å². The van der Waals surface area contributed by atoms with Crippen molar-refractivity contribution in [2.24, 2.45) is 0 Å². The topological polar surface area (TPSA) is 28.2 Å². The lowest BCUT2D eigenvalue weighted by Crippen LogP contribution is -2.17. The van der Waals surface area contributed by atoms with Crippen LogP contribution in [0.2, 0.25) is 0 Å². The minimum Gasteiger partial charge on any atom is -0.380 e. The van der Waals surface area contributed by atoms with Crippen molar-refractivity contribution in [3.63, 3.8) is 0 Å². The molecule has 0 radical (unpaired) electrons. The van der Waals surface area contributed by atoms with Crippen LogP contribution in [-0.4, -0.2) is 12.0 Å². The largest absolute Gasteiger partial charge is 0.380 e. The molecule has 0 aliphatic rings. The van der Waals surface area contributed by atoms with Gasteiger partial charge >= 0.3 is 0 Å². The summed E-state index contributed by atoms with van der Waals surface area (Å²) in [4.78, 5) is 6.67. The van der Waals surface area contributed by atoms with E-state index in [0.29, 0.717) is 0 Å². The van der Waals surface area contributed by atoms with Gasteiger partial charge in [0.15, 0.2) is 0 Å². The summed E-state index contributed by atoms with van der Waals surface area (Å²) < 4.78 is 0. The number of benzene rings is 2. The standard InChI is InChI=1S/C22H23N3.H2/c1-18(24-16-19-9-5-3-6-10-19)22-15-21(13-14-23-22)25(2)17-20-11-7-4-8-12-20;/h3-15,24H,1,16-17H2,2H3;1H. The van der Waals surface area contributed by atoms with Crippen molar-refractivity contribution < 1.29 is 1.43 Å². The zero-order valence-corrected chi connectivity index (χ0v) is 14.5. The highest BCUT2D eigenvalue weighted by Crippen LogP contribution is 2.18. The van der Waals surface area contributed by atoms with Gasteiger partial charge in [-0.15, -0.1) is 0 Å². The predicted molar refractivity (Wildman–Crippen MR) is 107 cm³/mol. The van der Waals surface area contributed by atoms with Crippen molar-refractivity contribution >= 4 is 11.4 Å². The van der Waals surface area contributed by atoms with Gasteiger partial charge in [-0.05, 0) is 23.3 Å². The van der Waals surface area contributed by atoms with Crippen LogP contribution in [0.4, 0.5) is 5.69 Å². The second kappa shape index (κ2) is 8.15. The van der Waals surface area contributed by atoms with E-state index in [9.17, 15) is 0 Å². The first-order valence-electron chi connectivity index (χ1n) is 8.40. The molecule has 128 valence electrons. The van der Waals surface area contributed by atoms with E-state index in [-0.39, 0.29) is 1.43 Å². The molecule has 1 heterocycles. The molecule has 1 N–H and O–H groups in total. The molecular formula is C22H25N3. The Bertz CT molecular complexity index is 819. The van der Waals surface area contributed by atoms with Crippen LogP contribution in [0.25, 0.3) is 5.70 Å². The van der Waals surface area contributed by atoms with Gasteiger partial charge in [0.1, 0.15) is 0 Å². The lowest BCUT2D eigenvalue weighted by atomic mass is 10.2. The van der Waals surface area contributed by atoms with E-state index in [1.807, 2.05) is 36.5 Å². The normalized spacial score (nSPS) is 10.3. The molecule has 2 aromatic carbocycles. The lowest BCUT2D eigenvalue weighted by molar-refractivity contribution is 0.882. The van der Waals surface area contributed by atoms with E-state index < -0.39 is 0 Å². The first kappa shape index (κ1) is 16.8. The van der Waals surface area contributed by atoms with Crippen molar-refractivity contribution in [1.82, 2.24) is 10.3 Å². The maximum atomic E-state index is 4.45. The molecule has 0 amide bonds. The van der Waals surface area contributed by atoms with Gasteiger partial charge in [-0.3, -0.25) is 4.98 Å². The van der Waals surface area contributed by atoms with Gasteiger partial charge in [-0.1, -0.05) is 67.2 Å². The van der Waals surface area contributed by atoms with E-state index in [1.165, 1.54) is 11.1 Å². The first-order chi connectivity index (χ1) is 12.2. The highest BCUT2D eigenvalue weighted by Gasteiger charge is 2.06. The van der Waals surface area contributed by atoms with Gasteiger partial charge in [0, 0.05) is 33.4 Å². The van der Waals surface area contributed by atoms with Crippen LogP contribution in [-0.2, 0) is 13.1 Å². The predicted octanol–water partition coefficient (Wildman–Crippen LogP) is 4.72. The molecule has 0 fully saturated rings. The molecular weight excluding hydrogens is 306 g/mol. The Morgan fingerprint density at radius 1 is 1.00 bits per heavy atom. The van der Waals surface area contributed by atoms with Gasteiger partial charge < -0.3 is 10.2 Å². The molecule has 0 bridgehead atoms. The van der Waals surface area contributed by atoms with Gasteiger partial charge in [0.2, 0.25) is 0 Å². The van der Waals surface area contributed by atoms with Gasteiger partial charge in [-0.2, -0.15) is 0 Å². The van der Waals surface area contributed by atoms with Crippen LogP contribution in [0.5, 0.6) is 0 Å². The van der Waals surface area contributed by atoms with E-state index in [1.54, 1.807) is 0 Å². The lowest BCUT2D eigenvalue weighted by Gasteiger charge is -2.20. The smallest absolute Gasteiger partial charge is 0.0875 e. The third-order valence-corrected chi connectivity index (χ3v) is 4.10. The number of nitrogens with zero attached hydrogens (tertiary/aromatic N) is 2. The summed E-state index contributed by atoms with van der Waals surface area (Å²) in [7, 11) is 2.09. The average molecular weight is 331 g/mol. The summed E-state index contributed by atoms with van der Waals surface area (Å²) in [5, 5.41) is 3.36. The van der Waals surface area contributed by atoms with Crippen molar-refractivity contribution in [2.75, 3.05) is 11.9 Å². The SMILES string of the molecule is C=C(NCc1ccccc1)c1cc(N(C)Cc2ccccc2)ccn1.[HH]. The fourth-order valence-corrected chi connectivity index (χ4v) is 2.67. The molecule has 0 unspecified atom stereocenters. The quantitative estimate of drug-likeness (QED) is 0.679. The Balaban J connectivity index is 0.00000243. The molecule has 1 aromatic heterocycles. The fraction of sp³-hybridized carbons (Fsp3) is 0.136. The third kappa shape index (κ3) is 4.70. The van der Waals surface area contributed by atoms with Crippen molar-refractivity contribution in [2.45, 2.75) is 13.1 Å². The molecule has 3 nitrogen and oxygen atoms in total. The Morgan fingerprint density at radius 3 is 2.32 bits per heavy atom. The summed E-state index contributed by atoms with van der Waals surface area (Å²) in [5.41, 5.74) is 5.33. The number of rotatable bonds is 7. The Kier molecular flexibility index (Phi) is 5.47. The maximum Gasteiger partial charge on any atom is 0.0875 e. The second-order valence-electron chi connectivity index (χ2n) is 6.06. The summed E-state index contributed by atoms with van der Waals surface area (Å²) in [6, 6.07) is 24.8. The minimum atomic E-state index is 0. The van der Waals surface area contributed by atoms with Crippen LogP contribution in [0.1, 0.15) is 18.2 Å².